The van der Waals surface area contributed by atoms with Gasteiger partial charge in [-0.2, -0.15) is 0 Å². The van der Waals surface area contributed by atoms with Crippen LogP contribution in [0.1, 0.15) is 45.4 Å². The Morgan fingerprint density at radius 3 is 2.04 bits per heavy atom. The molecule has 2 bridgehead atoms. The van der Waals surface area contributed by atoms with E-state index in [-0.39, 0.29) is 41.4 Å². The maximum Gasteiger partial charge on any atom is 0.245 e. The van der Waals surface area contributed by atoms with E-state index >= 15 is 0 Å². The molecule has 3 aliphatic carbocycles. The van der Waals surface area contributed by atoms with Gasteiger partial charge in [0.15, 0.2) is 0 Å². The molecule has 2 aliphatic heterocycles. The highest BCUT2D eigenvalue weighted by atomic mass is 16.2. The Balaban J connectivity index is 1.59. The molecule has 5 aliphatic rings. The Kier molecular flexibility index (Phi) is 3.97. The number of hydrogen-bond donors (Lipinski definition) is 0. The third kappa shape index (κ3) is 2.24. The summed E-state index contributed by atoms with van der Waals surface area (Å²) >= 11 is 0. The molecule has 3 amide bonds. The van der Waals surface area contributed by atoms with E-state index in [2.05, 4.69) is 12.2 Å². The van der Waals surface area contributed by atoms with E-state index in [1.54, 1.807) is 0 Å². The molecule has 0 spiro atoms. The van der Waals surface area contributed by atoms with E-state index in [4.69, 9.17) is 0 Å². The number of nitrogens with zero attached hydrogens (tertiary/aromatic N) is 2. The maximum absolute atomic E-state index is 13.0. The van der Waals surface area contributed by atoms with Crippen molar-refractivity contribution in [2.75, 3.05) is 13.1 Å². The van der Waals surface area contributed by atoms with Crippen LogP contribution in [0.2, 0.25) is 0 Å². The van der Waals surface area contributed by atoms with Gasteiger partial charge in [0.2, 0.25) is 17.7 Å². The first-order chi connectivity index (χ1) is 11.6. The smallest absolute Gasteiger partial charge is 0.245 e. The molecule has 3 fully saturated rings. The molecule has 24 heavy (non-hydrogen) atoms. The lowest BCUT2D eigenvalue weighted by Crippen LogP contribution is -2.52. The molecule has 0 aromatic heterocycles. The second-order valence-corrected chi connectivity index (χ2v) is 7.70. The number of rotatable bonds is 3. The fourth-order valence-electron chi connectivity index (χ4n) is 5.20. The summed E-state index contributed by atoms with van der Waals surface area (Å²) in [7, 11) is 0. The quantitative estimate of drug-likeness (QED) is 0.587. The van der Waals surface area contributed by atoms with Crippen LogP contribution in [-0.4, -0.2) is 46.7 Å². The molecule has 0 aromatic carbocycles. The van der Waals surface area contributed by atoms with Gasteiger partial charge in [0.25, 0.3) is 0 Å². The van der Waals surface area contributed by atoms with Crippen LogP contribution in [0.25, 0.3) is 0 Å². The summed E-state index contributed by atoms with van der Waals surface area (Å²) in [6.07, 6.45) is 9.93. The molecule has 5 atom stereocenters. The van der Waals surface area contributed by atoms with Gasteiger partial charge in [0.05, 0.1) is 11.8 Å². The first kappa shape index (κ1) is 15.9. The van der Waals surface area contributed by atoms with Crippen molar-refractivity contribution in [2.45, 2.75) is 51.5 Å². The van der Waals surface area contributed by atoms with Crippen molar-refractivity contribution in [2.24, 2.45) is 23.7 Å². The number of carbonyl (C=O) groups is 3. The van der Waals surface area contributed by atoms with E-state index < -0.39 is 6.04 Å². The van der Waals surface area contributed by atoms with Crippen molar-refractivity contribution < 1.29 is 14.4 Å². The normalized spacial score (nSPS) is 36.2. The van der Waals surface area contributed by atoms with Crippen LogP contribution in [0, 0.1) is 23.7 Å². The highest BCUT2D eigenvalue weighted by Gasteiger charge is 2.58. The minimum absolute atomic E-state index is 0.0298. The predicted octanol–water partition coefficient (Wildman–Crippen LogP) is 1.97. The molecule has 5 rings (SSSR count). The fourth-order valence-corrected chi connectivity index (χ4v) is 5.20. The first-order valence-electron chi connectivity index (χ1n) is 9.47. The summed E-state index contributed by atoms with van der Waals surface area (Å²) in [4.78, 5) is 42.2. The van der Waals surface area contributed by atoms with E-state index in [0.29, 0.717) is 6.42 Å². The molecule has 0 aromatic rings. The SMILES string of the molecule is CCC(C(=O)N1CCCCC1)N1C(=O)C2C3C=CC(CC3)C2C1=O. The summed E-state index contributed by atoms with van der Waals surface area (Å²) in [5, 5.41) is 0. The molecule has 130 valence electrons. The van der Waals surface area contributed by atoms with Gasteiger partial charge in [-0.15, -0.1) is 0 Å². The monoisotopic (exact) mass is 330 g/mol. The van der Waals surface area contributed by atoms with Gasteiger partial charge < -0.3 is 4.90 Å². The number of hydrogen-bond acceptors (Lipinski definition) is 3. The Bertz CT molecular complexity index is 561. The highest BCUT2D eigenvalue weighted by Crippen LogP contribution is 2.50. The molecule has 2 saturated heterocycles. The van der Waals surface area contributed by atoms with Gasteiger partial charge >= 0.3 is 0 Å². The fraction of sp³-hybridized carbons (Fsp3) is 0.737. The van der Waals surface area contributed by atoms with E-state index in [1.165, 1.54) is 4.90 Å². The largest absolute Gasteiger partial charge is 0.341 e. The number of amides is 3. The number of imide groups is 1. The average Bonchev–Trinajstić information content (AvgIpc) is 2.91. The van der Waals surface area contributed by atoms with Crippen molar-refractivity contribution >= 4 is 17.7 Å². The predicted molar refractivity (Wildman–Crippen MR) is 88.7 cm³/mol. The zero-order chi connectivity index (χ0) is 16.8. The Labute approximate surface area is 143 Å². The molecule has 0 N–H and O–H groups in total. The molecule has 2 heterocycles. The lowest BCUT2D eigenvalue weighted by atomic mass is 9.63. The Morgan fingerprint density at radius 2 is 1.58 bits per heavy atom. The number of likely N-dealkylation sites (tertiary alicyclic amines) is 2. The van der Waals surface area contributed by atoms with Crippen molar-refractivity contribution in [1.82, 2.24) is 9.80 Å². The van der Waals surface area contributed by atoms with Gasteiger partial charge in [-0.3, -0.25) is 19.3 Å². The Morgan fingerprint density at radius 1 is 1.04 bits per heavy atom. The van der Waals surface area contributed by atoms with Gasteiger partial charge in [0, 0.05) is 13.1 Å². The van der Waals surface area contributed by atoms with Gasteiger partial charge in [0.1, 0.15) is 6.04 Å². The molecular weight excluding hydrogens is 304 g/mol. The minimum Gasteiger partial charge on any atom is -0.341 e. The van der Waals surface area contributed by atoms with Gasteiger partial charge in [-0.1, -0.05) is 19.1 Å². The van der Waals surface area contributed by atoms with E-state index in [0.717, 1.165) is 45.2 Å². The number of fused-ring (bicyclic) bond motifs is 1. The van der Waals surface area contributed by atoms with Crippen LogP contribution in [-0.2, 0) is 14.4 Å². The highest BCUT2D eigenvalue weighted by molar-refractivity contribution is 6.09. The van der Waals surface area contributed by atoms with Gasteiger partial charge in [-0.05, 0) is 50.4 Å². The zero-order valence-corrected chi connectivity index (χ0v) is 14.3. The molecule has 5 unspecified atom stereocenters. The number of allylic oxidation sites excluding steroid dienone is 2. The summed E-state index contributed by atoms with van der Waals surface area (Å²) in [6.45, 7) is 3.42. The lowest BCUT2D eigenvalue weighted by Gasteiger charge is -2.38. The van der Waals surface area contributed by atoms with Crippen LogP contribution in [0.3, 0.4) is 0 Å². The van der Waals surface area contributed by atoms with Crippen molar-refractivity contribution in [3.8, 4) is 0 Å². The standard InChI is InChI=1S/C19H26N2O3/c1-2-14(17(22)20-10-4-3-5-11-20)21-18(23)15-12-6-7-13(9-8-12)16(15)19(21)24/h6-7,12-16H,2-5,8-11H2,1H3. The van der Waals surface area contributed by atoms with Crippen LogP contribution >= 0.6 is 0 Å². The summed E-state index contributed by atoms with van der Waals surface area (Å²) in [6, 6.07) is -0.604. The Hall–Kier alpha value is -1.65. The average molecular weight is 330 g/mol. The van der Waals surface area contributed by atoms with E-state index in [9.17, 15) is 14.4 Å². The minimum atomic E-state index is -0.604. The maximum atomic E-state index is 13.0. The lowest BCUT2D eigenvalue weighted by molar-refractivity contribution is -0.152. The van der Waals surface area contributed by atoms with Crippen molar-refractivity contribution in [3.63, 3.8) is 0 Å². The van der Waals surface area contributed by atoms with Crippen LogP contribution < -0.4 is 0 Å². The number of piperidine rings is 1. The van der Waals surface area contributed by atoms with Crippen LogP contribution in [0.15, 0.2) is 12.2 Å². The molecule has 5 heteroatoms. The molecule has 1 saturated carbocycles. The van der Waals surface area contributed by atoms with E-state index in [1.807, 2.05) is 11.8 Å². The van der Waals surface area contributed by atoms with Crippen LogP contribution in [0.5, 0.6) is 0 Å². The molecule has 0 radical (unpaired) electrons. The van der Waals surface area contributed by atoms with Gasteiger partial charge in [-0.25, -0.2) is 0 Å². The molecule has 5 nitrogen and oxygen atoms in total. The van der Waals surface area contributed by atoms with Crippen LogP contribution in [0.4, 0.5) is 0 Å². The summed E-state index contributed by atoms with van der Waals surface area (Å²) < 4.78 is 0. The summed E-state index contributed by atoms with van der Waals surface area (Å²) in [5.74, 6) is -0.289. The van der Waals surface area contributed by atoms with Crippen molar-refractivity contribution in [1.29, 1.82) is 0 Å². The second kappa shape index (κ2) is 6.01. The third-order valence-corrected chi connectivity index (χ3v) is 6.44. The third-order valence-electron chi connectivity index (χ3n) is 6.44. The number of carbonyl (C=O) groups excluding carboxylic acids is 3. The second-order valence-electron chi connectivity index (χ2n) is 7.70. The zero-order valence-electron chi connectivity index (χ0n) is 14.3. The molecular formula is C19H26N2O3. The topological polar surface area (TPSA) is 57.7 Å². The summed E-state index contributed by atoms with van der Waals surface area (Å²) in [5.41, 5.74) is 0. The first-order valence-corrected chi connectivity index (χ1v) is 9.47. The van der Waals surface area contributed by atoms with Crippen molar-refractivity contribution in [3.05, 3.63) is 12.2 Å².